The van der Waals surface area contributed by atoms with E-state index in [4.69, 9.17) is 4.74 Å². The molecule has 1 fully saturated rings. The molecule has 5 heteroatoms. The van der Waals surface area contributed by atoms with Gasteiger partial charge >= 0.3 is 0 Å². The number of thiazole rings is 1. The van der Waals surface area contributed by atoms with Gasteiger partial charge in [-0.05, 0) is 35.0 Å². The van der Waals surface area contributed by atoms with Gasteiger partial charge in [-0.1, -0.05) is 53.8 Å². The van der Waals surface area contributed by atoms with Gasteiger partial charge in [0.05, 0.1) is 10.2 Å². The summed E-state index contributed by atoms with van der Waals surface area (Å²) >= 11 is 1.58. The minimum atomic E-state index is 0.101. The van der Waals surface area contributed by atoms with Gasteiger partial charge in [-0.2, -0.15) is 0 Å². The average Bonchev–Trinajstić information content (AvgIpc) is 3.16. The Hall–Kier alpha value is -2.92. The van der Waals surface area contributed by atoms with Crippen LogP contribution in [0.25, 0.3) is 21.0 Å². The van der Waals surface area contributed by atoms with Crippen molar-refractivity contribution in [3.05, 3.63) is 72.3 Å². The number of piperidine rings is 1. The van der Waals surface area contributed by atoms with Crippen LogP contribution in [0.2, 0.25) is 0 Å². The zero-order chi connectivity index (χ0) is 18.9. The first-order valence-corrected chi connectivity index (χ1v) is 10.4. The lowest BCUT2D eigenvalue weighted by Crippen LogP contribution is -2.41. The lowest BCUT2D eigenvalue weighted by Gasteiger charge is -2.31. The third-order valence-corrected chi connectivity index (χ3v) is 6.19. The van der Waals surface area contributed by atoms with Crippen LogP contribution in [-0.2, 0) is 0 Å². The number of fused-ring (bicyclic) bond motifs is 2. The van der Waals surface area contributed by atoms with Crippen LogP contribution >= 0.6 is 11.3 Å². The second-order valence-corrected chi connectivity index (χ2v) is 8.11. The van der Waals surface area contributed by atoms with Crippen LogP contribution in [0.5, 0.6) is 5.19 Å². The van der Waals surface area contributed by atoms with E-state index >= 15 is 0 Å². The lowest BCUT2D eigenvalue weighted by atomic mass is 10.0. The number of hydrogen-bond donors (Lipinski definition) is 0. The fourth-order valence-corrected chi connectivity index (χ4v) is 4.61. The molecule has 0 N–H and O–H groups in total. The van der Waals surface area contributed by atoms with Crippen molar-refractivity contribution in [2.75, 3.05) is 13.1 Å². The molecule has 0 radical (unpaired) electrons. The Balaban J connectivity index is 1.24. The summed E-state index contributed by atoms with van der Waals surface area (Å²) in [5.41, 5.74) is 1.73. The fraction of sp³-hybridized carbons (Fsp3) is 0.217. The van der Waals surface area contributed by atoms with E-state index in [2.05, 4.69) is 17.1 Å². The number of rotatable bonds is 3. The van der Waals surface area contributed by atoms with E-state index in [-0.39, 0.29) is 12.0 Å². The number of carbonyl (C=O) groups excluding carboxylic acids is 1. The predicted octanol–water partition coefficient (Wildman–Crippen LogP) is 5.13. The topological polar surface area (TPSA) is 42.4 Å². The Bertz CT molecular complexity index is 1110. The summed E-state index contributed by atoms with van der Waals surface area (Å²) in [6.45, 7) is 1.42. The van der Waals surface area contributed by atoms with Crippen LogP contribution in [0, 0.1) is 0 Å². The summed E-state index contributed by atoms with van der Waals surface area (Å²) in [6, 6.07) is 22.1. The molecular weight excluding hydrogens is 368 g/mol. The first-order valence-electron chi connectivity index (χ1n) is 9.56. The number of ether oxygens (including phenoxy) is 1. The Morgan fingerprint density at radius 2 is 1.71 bits per heavy atom. The van der Waals surface area contributed by atoms with E-state index in [1.807, 2.05) is 59.5 Å². The molecule has 1 amide bonds. The number of carbonyl (C=O) groups is 1. The molecule has 0 atom stereocenters. The monoisotopic (exact) mass is 388 g/mol. The van der Waals surface area contributed by atoms with E-state index in [0.29, 0.717) is 13.1 Å². The molecule has 2 heterocycles. The second kappa shape index (κ2) is 7.24. The fourth-order valence-electron chi connectivity index (χ4n) is 3.73. The molecular formula is C23H20N2O2S. The maximum atomic E-state index is 12.9. The van der Waals surface area contributed by atoms with Crippen molar-refractivity contribution < 1.29 is 9.53 Å². The highest BCUT2D eigenvalue weighted by atomic mass is 32.1. The summed E-state index contributed by atoms with van der Waals surface area (Å²) in [5, 5.41) is 2.98. The van der Waals surface area contributed by atoms with Gasteiger partial charge < -0.3 is 9.64 Å². The highest BCUT2D eigenvalue weighted by Gasteiger charge is 2.25. The van der Waals surface area contributed by atoms with Crippen molar-refractivity contribution in [1.29, 1.82) is 0 Å². The van der Waals surface area contributed by atoms with Crippen LogP contribution in [0.1, 0.15) is 23.2 Å². The van der Waals surface area contributed by atoms with Crippen molar-refractivity contribution in [3.63, 3.8) is 0 Å². The van der Waals surface area contributed by atoms with Gasteiger partial charge in [0.2, 0.25) is 0 Å². The van der Waals surface area contributed by atoms with E-state index in [0.717, 1.165) is 44.6 Å². The maximum absolute atomic E-state index is 12.9. The molecule has 4 nitrogen and oxygen atoms in total. The van der Waals surface area contributed by atoms with Gasteiger partial charge in [-0.3, -0.25) is 4.79 Å². The quantitative estimate of drug-likeness (QED) is 0.488. The van der Waals surface area contributed by atoms with Gasteiger partial charge in [0, 0.05) is 31.5 Å². The molecule has 0 unspecified atom stereocenters. The van der Waals surface area contributed by atoms with Crippen LogP contribution in [-0.4, -0.2) is 35.0 Å². The first kappa shape index (κ1) is 17.2. The largest absolute Gasteiger partial charge is 0.467 e. The molecule has 4 aromatic rings. The van der Waals surface area contributed by atoms with Crippen LogP contribution in [0.3, 0.4) is 0 Å². The average molecular weight is 388 g/mol. The molecule has 0 spiro atoms. The van der Waals surface area contributed by atoms with E-state index < -0.39 is 0 Å². The smallest absolute Gasteiger partial charge is 0.274 e. The molecule has 0 saturated carbocycles. The summed E-state index contributed by atoms with van der Waals surface area (Å²) in [4.78, 5) is 19.4. The maximum Gasteiger partial charge on any atom is 0.274 e. The number of benzene rings is 3. The normalized spacial score (nSPS) is 15.2. The molecule has 3 aromatic carbocycles. The number of amides is 1. The minimum Gasteiger partial charge on any atom is -0.467 e. The molecule has 140 valence electrons. The lowest BCUT2D eigenvalue weighted by molar-refractivity contribution is 0.0595. The highest BCUT2D eigenvalue weighted by Crippen LogP contribution is 2.29. The zero-order valence-electron chi connectivity index (χ0n) is 15.4. The third-order valence-electron chi connectivity index (χ3n) is 5.27. The van der Waals surface area contributed by atoms with Gasteiger partial charge in [0.15, 0.2) is 0 Å². The number of hydrogen-bond acceptors (Lipinski definition) is 4. The van der Waals surface area contributed by atoms with Gasteiger partial charge in [0.25, 0.3) is 11.1 Å². The van der Waals surface area contributed by atoms with Crippen molar-refractivity contribution in [1.82, 2.24) is 9.88 Å². The number of nitrogens with zero attached hydrogens (tertiary/aromatic N) is 2. The van der Waals surface area contributed by atoms with Crippen LogP contribution in [0.4, 0.5) is 0 Å². The van der Waals surface area contributed by atoms with Crippen molar-refractivity contribution in [3.8, 4) is 5.19 Å². The van der Waals surface area contributed by atoms with Gasteiger partial charge in [0.1, 0.15) is 6.10 Å². The Labute approximate surface area is 167 Å². The molecule has 5 rings (SSSR count). The van der Waals surface area contributed by atoms with E-state index in [9.17, 15) is 4.79 Å². The van der Waals surface area contributed by atoms with Crippen LogP contribution < -0.4 is 4.74 Å². The molecule has 1 aliphatic rings. The summed E-state index contributed by atoms with van der Waals surface area (Å²) < 4.78 is 7.24. The van der Waals surface area contributed by atoms with Crippen molar-refractivity contribution in [2.45, 2.75) is 18.9 Å². The highest BCUT2D eigenvalue weighted by molar-refractivity contribution is 7.20. The zero-order valence-corrected chi connectivity index (χ0v) is 16.2. The molecule has 1 aliphatic heterocycles. The SMILES string of the molecule is O=C(c1ccc2ccccc2c1)N1CCC(Oc2nc3ccccc3s2)CC1. The molecule has 0 bridgehead atoms. The second-order valence-electron chi connectivity index (χ2n) is 7.12. The Kier molecular flexibility index (Phi) is 4.45. The molecule has 1 aromatic heterocycles. The molecule has 28 heavy (non-hydrogen) atoms. The summed E-state index contributed by atoms with van der Waals surface area (Å²) in [6.07, 6.45) is 1.77. The van der Waals surface area contributed by atoms with Crippen LogP contribution in [0.15, 0.2) is 66.7 Å². The first-order chi connectivity index (χ1) is 13.8. The Morgan fingerprint density at radius 1 is 0.964 bits per heavy atom. The summed E-state index contributed by atoms with van der Waals surface area (Å²) in [7, 11) is 0. The summed E-state index contributed by atoms with van der Waals surface area (Å²) in [5.74, 6) is 0.101. The van der Waals surface area contributed by atoms with Crippen molar-refractivity contribution in [2.24, 2.45) is 0 Å². The van der Waals surface area contributed by atoms with E-state index in [1.54, 1.807) is 11.3 Å². The number of aromatic nitrogens is 1. The van der Waals surface area contributed by atoms with Gasteiger partial charge in [-0.25, -0.2) is 4.98 Å². The minimum absolute atomic E-state index is 0.101. The van der Waals surface area contributed by atoms with Gasteiger partial charge in [-0.15, -0.1) is 0 Å². The standard InChI is InChI=1S/C23H20N2O2S/c26-22(18-10-9-16-5-1-2-6-17(16)15-18)25-13-11-19(12-14-25)27-23-24-20-7-3-4-8-21(20)28-23/h1-10,15,19H,11-14H2. The predicted molar refractivity (Wildman–Crippen MR) is 113 cm³/mol. The molecule has 1 saturated heterocycles. The van der Waals surface area contributed by atoms with Crippen molar-refractivity contribution >= 4 is 38.2 Å². The third kappa shape index (κ3) is 3.34. The molecule has 0 aliphatic carbocycles. The number of likely N-dealkylation sites (tertiary alicyclic amines) is 1. The van der Waals surface area contributed by atoms with E-state index in [1.165, 1.54) is 0 Å². The number of para-hydroxylation sites is 1. The Morgan fingerprint density at radius 3 is 2.54 bits per heavy atom.